The van der Waals surface area contributed by atoms with Gasteiger partial charge >= 0.3 is 5.97 Å². The predicted octanol–water partition coefficient (Wildman–Crippen LogP) is 2.76. The second-order valence-corrected chi connectivity index (χ2v) is 7.41. The molecule has 1 amide bonds. The lowest BCUT2D eigenvalue weighted by molar-refractivity contribution is -0.141. The highest BCUT2D eigenvalue weighted by molar-refractivity contribution is 7.16. The summed E-state index contributed by atoms with van der Waals surface area (Å²) < 4.78 is 23.4. The number of hydrogen-bond donors (Lipinski definition) is 0. The van der Waals surface area contributed by atoms with Crippen molar-refractivity contribution in [2.45, 2.75) is 6.54 Å². The van der Waals surface area contributed by atoms with Crippen molar-refractivity contribution in [2.75, 3.05) is 20.5 Å². The monoisotopic (exact) mass is 434 g/mol. The van der Waals surface area contributed by atoms with Crippen LogP contribution in [-0.2, 0) is 20.9 Å². The molecule has 0 spiro atoms. The van der Waals surface area contributed by atoms with E-state index in [1.807, 2.05) is 0 Å². The van der Waals surface area contributed by atoms with Crippen molar-refractivity contribution in [3.63, 3.8) is 0 Å². The van der Waals surface area contributed by atoms with Crippen LogP contribution in [0.15, 0.2) is 41.4 Å². The molecule has 0 aliphatic carbocycles. The standard InChI is InChI=1S/C19H15ClN2O6S/c1-25-18(24)8-22-13-6-14-15(28-10-27-14)7-16(13)29-19(22)21-17(23)9-26-12-4-2-11(20)3-5-12/h2-7H,8-10H2,1H3. The minimum atomic E-state index is -0.495. The molecule has 0 radical (unpaired) electrons. The van der Waals surface area contributed by atoms with E-state index in [-0.39, 0.29) is 19.9 Å². The summed E-state index contributed by atoms with van der Waals surface area (Å²) in [5.74, 6) is 0.715. The lowest BCUT2D eigenvalue weighted by Crippen LogP contribution is -2.23. The number of methoxy groups -OCH3 is 1. The Morgan fingerprint density at radius 3 is 2.66 bits per heavy atom. The molecule has 4 rings (SSSR count). The molecule has 8 nitrogen and oxygen atoms in total. The zero-order chi connectivity index (χ0) is 20.4. The van der Waals surface area contributed by atoms with Crippen molar-refractivity contribution >= 4 is 45.0 Å². The number of esters is 1. The molecular weight excluding hydrogens is 420 g/mol. The quantitative estimate of drug-likeness (QED) is 0.574. The molecule has 1 aliphatic rings. The van der Waals surface area contributed by atoms with Gasteiger partial charge in [-0.05, 0) is 24.3 Å². The maximum atomic E-state index is 12.3. The first-order valence-electron chi connectivity index (χ1n) is 8.49. The van der Waals surface area contributed by atoms with E-state index in [0.717, 1.165) is 4.70 Å². The summed E-state index contributed by atoms with van der Waals surface area (Å²) in [4.78, 5) is 28.7. The van der Waals surface area contributed by atoms with E-state index in [9.17, 15) is 9.59 Å². The molecule has 1 aliphatic heterocycles. The zero-order valence-electron chi connectivity index (χ0n) is 15.2. The topological polar surface area (TPSA) is 88.4 Å². The van der Waals surface area contributed by atoms with Gasteiger partial charge in [0.2, 0.25) is 6.79 Å². The highest BCUT2D eigenvalue weighted by Gasteiger charge is 2.19. The highest BCUT2D eigenvalue weighted by Crippen LogP contribution is 2.37. The van der Waals surface area contributed by atoms with E-state index < -0.39 is 11.9 Å². The Balaban J connectivity index is 1.65. The highest BCUT2D eigenvalue weighted by atomic mass is 35.5. The molecule has 0 N–H and O–H groups in total. The second kappa shape index (κ2) is 8.14. The van der Waals surface area contributed by atoms with Gasteiger partial charge in [0.15, 0.2) is 22.9 Å². The van der Waals surface area contributed by atoms with Crippen LogP contribution in [0, 0.1) is 0 Å². The molecule has 0 bridgehead atoms. The Bertz CT molecular complexity index is 1150. The van der Waals surface area contributed by atoms with Crippen molar-refractivity contribution < 1.29 is 28.5 Å². The number of amides is 1. The van der Waals surface area contributed by atoms with E-state index in [1.54, 1.807) is 41.0 Å². The largest absolute Gasteiger partial charge is 0.484 e. The number of fused-ring (bicyclic) bond motifs is 2. The molecule has 0 unspecified atom stereocenters. The molecule has 0 fully saturated rings. The third-order valence-corrected chi connectivity index (χ3v) is 5.38. The predicted molar refractivity (Wildman–Crippen MR) is 105 cm³/mol. The minimum Gasteiger partial charge on any atom is -0.484 e. The molecule has 0 saturated carbocycles. The molecule has 2 heterocycles. The van der Waals surface area contributed by atoms with Crippen LogP contribution in [0.2, 0.25) is 5.02 Å². The number of thiazole rings is 1. The summed E-state index contributed by atoms with van der Waals surface area (Å²) in [7, 11) is 1.30. The molecular formula is C19H15ClN2O6S. The number of ether oxygens (including phenoxy) is 4. The summed E-state index contributed by atoms with van der Waals surface area (Å²) in [6.07, 6.45) is 0. The average Bonchev–Trinajstić information content (AvgIpc) is 3.30. The van der Waals surface area contributed by atoms with Crippen molar-refractivity contribution in [2.24, 2.45) is 4.99 Å². The Labute approximate surface area is 173 Å². The van der Waals surface area contributed by atoms with E-state index in [1.165, 1.54) is 18.4 Å². The number of hydrogen-bond acceptors (Lipinski definition) is 7. The molecule has 0 atom stereocenters. The molecule has 3 aromatic rings. The summed E-state index contributed by atoms with van der Waals surface area (Å²) in [6.45, 7) is -0.210. The van der Waals surface area contributed by atoms with Gasteiger partial charge < -0.3 is 23.5 Å². The summed E-state index contributed by atoms with van der Waals surface area (Å²) in [5, 5.41) is 0.572. The van der Waals surface area contributed by atoms with E-state index in [0.29, 0.717) is 32.6 Å². The van der Waals surface area contributed by atoms with Crippen LogP contribution in [0.5, 0.6) is 17.2 Å². The van der Waals surface area contributed by atoms with Gasteiger partial charge in [0, 0.05) is 17.2 Å². The fourth-order valence-corrected chi connectivity index (χ4v) is 3.89. The smallest absolute Gasteiger partial charge is 0.325 e. The van der Waals surface area contributed by atoms with Crippen molar-refractivity contribution in [1.82, 2.24) is 4.57 Å². The summed E-state index contributed by atoms with van der Waals surface area (Å²) >= 11 is 7.08. The fraction of sp³-hybridized carbons (Fsp3) is 0.211. The van der Waals surface area contributed by atoms with Crippen LogP contribution in [0.25, 0.3) is 10.2 Å². The molecule has 2 aromatic carbocycles. The van der Waals surface area contributed by atoms with Crippen LogP contribution in [0.3, 0.4) is 0 Å². The normalized spacial score (nSPS) is 13.0. The maximum absolute atomic E-state index is 12.3. The minimum absolute atomic E-state index is 0.0969. The Kier molecular flexibility index (Phi) is 5.41. The maximum Gasteiger partial charge on any atom is 0.325 e. The van der Waals surface area contributed by atoms with Gasteiger partial charge in [-0.25, -0.2) is 0 Å². The molecule has 29 heavy (non-hydrogen) atoms. The number of carbonyl (C=O) groups is 2. The van der Waals surface area contributed by atoms with Gasteiger partial charge in [0.1, 0.15) is 12.3 Å². The first-order valence-corrected chi connectivity index (χ1v) is 9.68. The molecule has 0 saturated heterocycles. The Morgan fingerprint density at radius 2 is 1.93 bits per heavy atom. The van der Waals surface area contributed by atoms with Crippen LogP contribution in [0.1, 0.15) is 0 Å². The lowest BCUT2D eigenvalue weighted by atomic mass is 10.3. The van der Waals surface area contributed by atoms with E-state index in [4.69, 9.17) is 30.5 Å². The van der Waals surface area contributed by atoms with Crippen molar-refractivity contribution in [3.05, 3.63) is 46.2 Å². The van der Waals surface area contributed by atoms with Crippen LogP contribution in [-0.4, -0.2) is 37.0 Å². The molecule has 10 heteroatoms. The van der Waals surface area contributed by atoms with Crippen LogP contribution >= 0.6 is 22.9 Å². The van der Waals surface area contributed by atoms with Gasteiger partial charge in [-0.1, -0.05) is 22.9 Å². The summed E-state index contributed by atoms with van der Waals surface area (Å²) in [6, 6.07) is 10.2. The average molecular weight is 435 g/mol. The van der Waals surface area contributed by atoms with E-state index in [2.05, 4.69) is 4.99 Å². The van der Waals surface area contributed by atoms with Gasteiger partial charge in [-0.15, -0.1) is 0 Å². The van der Waals surface area contributed by atoms with Crippen LogP contribution < -0.4 is 19.0 Å². The number of halogens is 1. The van der Waals surface area contributed by atoms with Gasteiger partial charge in [0.05, 0.1) is 17.3 Å². The van der Waals surface area contributed by atoms with Crippen molar-refractivity contribution in [3.8, 4) is 17.2 Å². The SMILES string of the molecule is COC(=O)Cn1c(=NC(=O)COc2ccc(Cl)cc2)sc2cc3c(cc21)OCO3. The van der Waals surface area contributed by atoms with E-state index >= 15 is 0 Å². The number of carbonyl (C=O) groups excluding carboxylic acids is 2. The lowest BCUT2D eigenvalue weighted by Gasteiger charge is -2.05. The van der Waals surface area contributed by atoms with Gasteiger partial charge in [-0.3, -0.25) is 9.59 Å². The Hall–Kier alpha value is -3.04. The molecule has 150 valence electrons. The number of nitrogens with zero attached hydrogens (tertiary/aromatic N) is 2. The third-order valence-electron chi connectivity index (χ3n) is 4.09. The third kappa shape index (κ3) is 4.20. The number of benzene rings is 2. The number of aromatic nitrogens is 1. The first kappa shape index (κ1) is 19.3. The van der Waals surface area contributed by atoms with Gasteiger partial charge in [-0.2, -0.15) is 4.99 Å². The molecule has 1 aromatic heterocycles. The zero-order valence-corrected chi connectivity index (χ0v) is 16.8. The van der Waals surface area contributed by atoms with Crippen molar-refractivity contribution in [1.29, 1.82) is 0 Å². The second-order valence-electron chi connectivity index (χ2n) is 5.97. The Morgan fingerprint density at radius 1 is 1.21 bits per heavy atom. The first-order chi connectivity index (χ1) is 14.0. The van der Waals surface area contributed by atoms with Gasteiger partial charge in [0.25, 0.3) is 5.91 Å². The van der Waals surface area contributed by atoms with Crippen LogP contribution in [0.4, 0.5) is 0 Å². The summed E-state index contributed by atoms with van der Waals surface area (Å²) in [5.41, 5.74) is 0.690. The fourth-order valence-electron chi connectivity index (χ4n) is 2.71. The number of rotatable bonds is 5.